The summed E-state index contributed by atoms with van der Waals surface area (Å²) in [6.45, 7) is 1.39. The molecule has 0 saturated carbocycles. The second-order valence-electron chi connectivity index (χ2n) is 5.06. The molecule has 0 aliphatic carbocycles. The predicted octanol–water partition coefficient (Wildman–Crippen LogP) is 3.41. The molecule has 0 N–H and O–H groups in total. The van der Waals surface area contributed by atoms with Crippen molar-refractivity contribution in [3.05, 3.63) is 71.8 Å². The monoisotopic (exact) mass is 278 g/mol. The molecule has 2 rings (SSSR count). The first-order valence-electron chi connectivity index (χ1n) is 6.89. The lowest BCUT2D eigenvalue weighted by Gasteiger charge is -2.28. The van der Waals surface area contributed by atoms with Crippen molar-refractivity contribution in [2.24, 2.45) is 0 Å². The molecule has 2 heteroatoms. The number of esters is 1. The third-order valence-corrected chi connectivity index (χ3v) is 3.27. The second kappa shape index (κ2) is 6.76. The number of benzene rings is 2. The van der Waals surface area contributed by atoms with Gasteiger partial charge in [0.1, 0.15) is 0 Å². The van der Waals surface area contributed by atoms with E-state index in [1.807, 2.05) is 60.7 Å². The zero-order chi connectivity index (χ0) is 15.1. The minimum Gasteiger partial charge on any atom is -0.445 e. The fraction of sp³-hybridized carbons (Fsp3) is 0.211. The van der Waals surface area contributed by atoms with Crippen LogP contribution < -0.4 is 0 Å². The minimum atomic E-state index is -0.950. The van der Waals surface area contributed by atoms with Crippen LogP contribution in [0.1, 0.15) is 18.1 Å². The Morgan fingerprint density at radius 2 is 1.43 bits per heavy atom. The Morgan fingerprint density at radius 1 is 1.00 bits per heavy atom. The van der Waals surface area contributed by atoms with Gasteiger partial charge in [0.05, 0.1) is 0 Å². The summed E-state index contributed by atoms with van der Waals surface area (Å²) in [5.74, 6) is 2.34. The zero-order valence-electron chi connectivity index (χ0n) is 12.1. The first-order chi connectivity index (χ1) is 10.1. The molecule has 0 bridgehead atoms. The molecule has 21 heavy (non-hydrogen) atoms. The van der Waals surface area contributed by atoms with Crippen molar-refractivity contribution in [3.63, 3.8) is 0 Å². The molecule has 0 heterocycles. The van der Waals surface area contributed by atoms with Gasteiger partial charge in [-0.2, -0.15) is 0 Å². The molecule has 0 unspecified atom stereocenters. The van der Waals surface area contributed by atoms with E-state index >= 15 is 0 Å². The third-order valence-electron chi connectivity index (χ3n) is 3.27. The van der Waals surface area contributed by atoms with Crippen LogP contribution in [0.5, 0.6) is 0 Å². The van der Waals surface area contributed by atoms with Crippen LogP contribution >= 0.6 is 0 Å². The number of hydrogen-bond donors (Lipinski definition) is 0. The number of rotatable bonds is 5. The Kier molecular flexibility index (Phi) is 4.79. The molecule has 0 fully saturated rings. The molecule has 0 aromatic heterocycles. The van der Waals surface area contributed by atoms with Crippen molar-refractivity contribution < 1.29 is 9.53 Å². The van der Waals surface area contributed by atoms with Gasteiger partial charge < -0.3 is 4.74 Å². The molecule has 2 aromatic rings. The number of carbonyl (C=O) groups excluding carboxylic acids is 1. The average Bonchev–Trinajstić information content (AvgIpc) is 2.48. The quantitative estimate of drug-likeness (QED) is 0.619. The first kappa shape index (κ1) is 14.9. The summed E-state index contributed by atoms with van der Waals surface area (Å²) in [5.41, 5.74) is 1.15. The molecular formula is C19H18O2. The van der Waals surface area contributed by atoms with E-state index in [0.717, 1.165) is 11.1 Å². The van der Waals surface area contributed by atoms with Gasteiger partial charge in [0.15, 0.2) is 5.60 Å². The smallest absolute Gasteiger partial charge is 0.304 e. The fourth-order valence-corrected chi connectivity index (χ4v) is 2.39. The summed E-state index contributed by atoms with van der Waals surface area (Å²) in [6.07, 6.45) is 6.72. The number of hydrogen-bond acceptors (Lipinski definition) is 2. The topological polar surface area (TPSA) is 26.3 Å². The number of ether oxygens (including phenoxy) is 1. The minimum absolute atomic E-state index is 0.361. The summed E-state index contributed by atoms with van der Waals surface area (Å²) < 4.78 is 5.52. The summed E-state index contributed by atoms with van der Waals surface area (Å²) in [6, 6.07) is 19.6. The van der Waals surface area contributed by atoms with Gasteiger partial charge in [-0.05, 0) is 11.1 Å². The van der Waals surface area contributed by atoms with E-state index in [2.05, 4.69) is 5.92 Å². The summed E-state index contributed by atoms with van der Waals surface area (Å²) in [5, 5.41) is 0. The lowest BCUT2D eigenvalue weighted by molar-refractivity contribution is -0.151. The number of terminal acetylenes is 1. The van der Waals surface area contributed by atoms with Crippen LogP contribution in [0.25, 0.3) is 0 Å². The maximum absolute atomic E-state index is 11.5. The van der Waals surface area contributed by atoms with Crippen LogP contribution in [-0.4, -0.2) is 11.6 Å². The highest BCUT2D eigenvalue weighted by Crippen LogP contribution is 2.23. The van der Waals surface area contributed by atoms with Gasteiger partial charge in [0.25, 0.3) is 0 Å². The van der Waals surface area contributed by atoms with E-state index in [4.69, 9.17) is 11.2 Å². The number of carbonyl (C=O) groups is 1. The molecule has 2 nitrogen and oxygen atoms in total. The molecule has 0 aliphatic rings. The normalized spacial score (nSPS) is 10.7. The molecular weight excluding hydrogens is 260 g/mol. The molecule has 106 valence electrons. The fourth-order valence-electron chi connectivity index (χ4n) is 2.39. The molecule has 0 spiro atoms. The zero-order valence-corrected chi connectivity index (χ0v) is 12.1. The molecule has 0 aliphatic heterocycles. The van der Waals surface area contributed by atoms with Crippen molar-refractivity contribution >= 4 is 5.97 Å². The molecule has 0 saturated heterocycles. The summed E-state index contributed by atoms with van der Waals surface area (Å²) in [7, 11) is 0. The molecule has 0 radical (unpaired) electrons. The van der Waals surface area contributed by atoms with Crippen LogP contribution in [0.4, 0.5) is 0 Å². The van der Waals surface area contributed by atoms with Crippen molar-refractivity contribution in [3.8, 4) is 12.3 Å². The Morgan fingerprint density at radius 3 is 1.76 bits per heavy atom. The van der Waals surface area contributed by atoms with Gasteiger partial charge in [0, 0.05) is 19.8 Å². The third kappa shape index (κ3) is 4.22. The van der Waals surface area contributed by atoms with Crippen LogP contribution in [0.2, 0.25) is 0 Å². The largest absolute Gasteiger partial charge is 0.445 e. The Hall–Kier alpha value is -2.53. The van der Waals surface area contributed by atoms with E-state index in [9.17, 15) is 4.79 Å². The maximum Gasteiger partial charge on any atom is 0.304 e. The van der Waals surface area contributed by atoms with Crippen molar-refractivity contribution in [1.29, 1.82) is 0 Å². The standard InChI is InChI=1S/C19H18O2/c1-3-19(21-16(2)20,14-17-10-6-4-7-11-17)15-18-12-8-5-9-13-18/h1,4-13H,14-15H2,2H3. The molecule has 0 amide bonds. The lowest BCUT2D eigenvalue weighted by Crippen LogP contribution is -2.37. The van der Waals surface area contributed by atoms with Gasteiger partial charge in [0.2, 0.25) is 0 Å². The van der Waals surface area contributed by atoms with Crippen LogP contribution in [0.15, 0.2) is 60.7 Å². The van der Waals surface area contributed by atoms with Crippen LogP contribution in [0, 0.1) is 12.3 Å². The van der Waals surface area contributed by atoms with Gasteiger partial charge >= 0.3 is 5.97 Å². The van der Waals surface area contributed by atoms with E-state index in [0.29, 0.717) is 12.8 Å². The Balaban J connectivity index is 2.29. The molecule has 0 atom stereocenters. The van der Waals surface area contributed by atoms with E-state index in [1.165, 1.54) is 6.92 Å². The van der Waals surface area contributed by atoms with Crippen molar-refractivity contribution in [2.75, 3.05) is 0 Å². The average molecular weight is 278 g/mol. The highest BCUT2D eigenvalue weighted by Gasteiger charge is 2.32. The highest BCUT2D eigenvalue weighted by atomic mass is 16.6. The van der Waals surface area contributed by atoms with Crippen LogP contribution in [0.3, 0.4) is 0 Å². The maximum atomic E-state index is 11.5. The SMILES string of the molecule is C#CC(Cc1ccccc1)(Cc1ccccc1)OC(C)=O. The van der Waals surface area contributed by atoms with E-state index in [-0.39, 0.29) is 5.97 Å². The Bertz CT molecular complexity index is 582. The van der Waals surface area contributed by atoms with Gasteiger partial charge in [-0.3, -0.25) is 4.79 Å². The van der Waals surface area contributed by atoms with Crippen molar-refractivity contribution in [2.45, 2.75) is 25.4 Å². The summed E-state index contributed by atoms with van der Waals surface area (Å²) >= 11 is 0. The van der Waals surface area contributed by atoms with Gasteiger partial charge in [-0.1, -0.05) is 66.6 Å². The Labute approximate surface area is 125 Å². The second-order valence-corrected chi connectivity index (χ2v) is 5.06. The highest BCUT2D eigenvalue weighted by molar-refractivity contribution is 5.67. The van der Waals surface area contributed by atoms with E-state index in [1.54, 1.807) is 0 Å². The first-order valence-corrected chi connectivity index (χ1v) is 6.89. The van der Waals surface area contributed by atoms with Crippen LogP contribution in [-0.2, 0) is 22.4 Å². The van der Waals surface area contributed by atoms with Gasteiger partial charge in [-0.15, -0.1) is 6.42 Å². The lowest BCUT2D eigenvalue weighted by atomic mass is 9.88. The molecule has 2 aromatic carbocycles. The summed E-state index contributed by atoms with van der Waals surface area (Å²) in [4.78, 5) is 11.5. The van der Waals surface area contributed by atoms with Crippen molar-refractivity contribution in [1.82, 2.24) is 0 Å². The van der Waals surface area contributed by atoms with Gasteiger partial charge in [-0.25, -0.2) is 0 Å². The predicted molar refractivity (Wildman–Crippen MR) is 83.6 cm³/mol. The van der Waals surface area contributed by atoms with E-state index < -0.39 is 5.60 Å².